The van der Waals surface area contributed by atoms with Gasteiger partial charge in [-0.1, -0.05) is 18.2 Å². The van der Waals surface area contributed by atoms with Crippen molar-refractivity contribution in [1.82, 2.24) is 4.98 Å². The second kappa shape index (κ2) is 5.24. The summed E-state index contributed by atoms with van der Waals surface area (Å²) in [5, 5.41) is 3.10. The lowest BCUT2D eigenvalue weighted by molar-refractivity contribution is 0.0519. The number of anilines is 1. The normalized spacial score (nSPS) is 16.4. The van der Waals surface area contributed by atoms with Crippen LogP contribution in [-0.2, 0) is 4.74 Å². The number of carbonyl (C=O) groups is 1. The molecule has 20 heavy (non-hydrogen) atoms. The first-order valence-electron chi connectivity index (χ1n) is 6.39. The fraction of sp³-hybridized carbons (Fsp3) is 0.286. The van der Waals surface area contributed by atoms with E-state index in [2.05, 4.69) is 10.3 Å². The van der Waals surface area contributed by atoms with E-state index in [1.165, 1.54) is 6.26 Å². The van der Waals surface area contributed by atoms with Gasteiger partial charge in [0.2, 0.25) is 0 Å². The van der Waals surface area contributed by atoms with Crippen molar-refractivity contribution in [3.8, 4) is 5.75 Å². The summed E-state index contributed by atoms with van der Waals surface area (Å²) in [4.78, 5) is 15.6. The highest BCUT2D eigenvalue weighted by molar-refractivity contribution is 5.87. The molecular weight excluding hydrogens is 260 g/mol. The number of hydrogen-bond donors (Lipinski definition) is 1. The van der Waals surface area contributed by atoms with Crippen LogP contribution >= 0.6 is 0 Å². The predicted octanol–water partition coefficient (Wildman–Crippen LogP) is 2.40. The molecule has 3 rings (SSSR count). The van der Waals surface area contributed by atoms with Crippen molar-refractivity contribution >= 4 is 12.0 Å². The second-order valence-corrected chi connectivity index (χ2v) is 4.30. The number of rotatable bonds is 4. The van der Waals surface area contributed by atoms with Crippen LogP contribution in [0.5, 0.6) is 5.75 Å². The summed E-state index contributed by atoms with van der Waals surface area (Å²) in [6, 6.07) is 8.00. The first kappa shape index (κ1) is 12.5. The van der Waals surface area contributed by atoms with E-state index in [4.69, 9.17) is 13.9 Å². The molecule has 104 valence electrons. The van der Waals surface area contributed by atoms with Gasteiger partial charge in [-0.2, -0.15) is 4.98 Å². The number of benzene rings is 1. The summed E-state index contributed by atoms with van der Waals surface area (Å²) >= 11 is 0. The first-order valence-corrected chi connectivity index (χ1v) is 6.39. The third-order valence-corrected chi connectivity index (χ3v) is 2.99. The van der Waals surface area contributed by atoms with Crippen molar-refractivity contribution in [3.63, 3.8) is 0 Å². The van der Waals surface area contributed by atoms with Gasteiger partial charge in [0.25, 0.3) is 6.01 Å². The predicted molar refractivity (Wildman–Crippen MR) is 70.8 cm³/mol. The van der Waals surface area contributed by atoms with Gasteiger partial charge < -0.3 is 19.2 Å². The summed E-state index contributed by atoms with van der Waals surface area (Å²) in [6.07, 6.45) is 1.28. The van der Waals surface area contributed by atoms with Crippen LogP contribution in [0.2, 0.25) is 0 Å². The fourth-order valence-electron chi connectivity index (χ4n) is 2.07. The van der Waals surface area contributed by atoms with E-state index in [0.29, 0.717) is 13.2 Å². The summed E-state index contributed by atoms with van der Waals surface area (Å²) in [5.74, 6) is 0.356. The Labute approximate surface area is 115 Å². The lowest BCUT2D eigenvalue weighted by atomic mass is 10.1. The molecule has 0 spiro atoms. The van der Waals surface area contributed by atoms with Crippen LogP contribution in [0.3, 0.4) is 0 Å². The summed E-state index contributed by atoms with van der Waals surface area (Å²) < 4.78 is 15.6. The smallest absolute Gasteiger partial charge is 0.360 e. The molecule has 1 N–H and O–H groups in total. The van der Waals surface area contributed by atoms with Crippen molar-refractivity contribution in [2.45, 2.75) is 13.0 Å². The van der Waals surface area contributed by atoms with E-state index in [9.17, 15) is 4.79 Å². The number of fused-ring (bicyclic) bond motifs is 1. The molecule has 6 nitrogen and oxygen atoms in total. The largest absolute Gasteiger partial charge is 0.491 e. The maximum absolute atomic E-state index is 11.5. The van der Waals surface area contributed by atoms with Gasteiger partial charge in [-0.15, -0.1) is 0 Å². The van der Waals surface area contributed by atoms with Crippen LogP contribution in [0.15, 0.2) is 34.9 Å². The van der Waals surface area contributed by atoms with Crippen LogP contribution < -0.4 is 10.1 Å². The zero-order valence-electron chi connectivity index (χ0n) is 11.0. The molecule has 1 unspecified atom stereocenters. The van der Waals surface area contributed by atoms with E-state index >= 15 is 0 Å². The Morgan fingerprint density at radius 1 is 1.50 bits per heavy atom. The molecule has 0 bridgehead atoms. The number of aromatic nitrogens is 1. The second-order valence-electron chi connectivity index (χ2n) is 4.30. The third kappa shape index (κ3) is 2.32. The average Bonchev–Trinajstić information content (AvgIpc) is 3.08. The van der Waals surface area contributed by atoms with Crippen molar-refractivity contribution in [3.05, 3.63) is 41.8 Å². The van der Waals surface area contributed by atoms with Gasteiger partial charge in [-0.3, -0.25) is 0 Å². The molecule has 1 aromatic heterocycles. The van der Waals surface area contributed by atoms with Crippen molar-refractivity contribution < 1.29 is 18.7 Å². The Morgan fingerprint density at radius 3 is 3.20 bits per heavy atom. The van der Waals surface area contributed by atoms with Gasteiger partial charge in [-0.25, -0.2) is 4.79 Å². The SMILES string of the molecule is CCOC(=O)c1coc(NC2COc3ccccc32)n1. The van der Waals surface area contributed by atoms with E-state index in [1.54, 1.807) is 6.92 Å². The van der Waals surface area contributed by atoms with Gasteiger partial charge in [0, 0.05) is 5.56 Å². The monoisotopic (exact) mass is 274 g/mol. The van der Waals surface area contributed by atoms with Crippen LogP contribution in [0.1, 0.15) is 29.0 Å². The minimum absolute atomic E-state index is 0.0418. The Kier molecular flexibility index (Phi) is 3.28. The molecule has 0 saturated carbocycles. The van der Waals surface area contributed by atoms with E-state index in [-0.39, 0.29) is 17.8 Å². The van der Waals surface area contributed by atoms with Gasteiger partial charge in [0.1, 0.15) is 18.6 Å². The van der Waals surface area contributed by atoms with Crippen LogP contribution in [0, 0.1) is 0 Å². The molecule has 0 saturated heterocycles. The van der Waals surface area contributed by atoms with Crippen LogP contribution in [-0.4, -0.2) is 24.2 Å². The molecule has 6 heteroatoms. The summed E-state index contributed by atoms with van der Waals surface area (Å²) in [7, 11) is 0. The Hall–Kier alpha value is -2.50. The Balaban J connectivity index is 1.72. The van der Waals surface area contributed by atoms with Gasteiger partial charge in [0.05, 0.1) is 12.6 Å². The van der Waals surface area contributed by atoms with Crippen LogP contribution in [0.25, 0.3) is 0 Å². The molecule has 0 amide bonds. The van der Waals surface area contributed by atoms with E-state index in [0.717, 1.165) is 11.3 Å². The van der Waals surface area contributed by atoms with Gasteiger partial charge >= 0.3 is 5.97 Å². The van der Waals surface area contributed by atoms with Gasteiger partial charge in [-0.05, 0) is 13.0 Å². The Morgan fingerprint density at radius 2 is 2.35 bits per heavy atom. The summed E-state index contributed by atoms with van der Waals surface area (Å²) in [5.41, 5.74) is 1.20. The number of oxazole rings is 1. The number of para-hydroxylation sites is 1. The van der Waals surface area contributed by atoms with Crippen molar-refractivity contribution in [2.24, 2.45) is 0 Å². The zero-order valence-corrected chi connectivity index (χ0v) is 11.0. The first-order chi connectivity index (χ1) is 9.78. The number of hydrogen-bond acceptors (Lipinski definition) is 6. The fourth-order valence-corrected chi connectivity index (χ4v) is 2.07. The lowest BCUT2D eigenvalue weighted by Gasteiger charge is -2.08. The molecule has 2 aromatic rings. The molecule has 1 aromatic carbocycles. The third-order valence-electron chi connectivity index (χ3n) is 2.99. The average molecular weight is 274 g/mol. The molecular formula is C14H14N2O4. The van der Waals surface area contributed by atoms with E-state index < -0.39 is 5.97 Å². The highest BCUT2D eigenvalue weighted by Gasteiger charge is 2.25. The standard InChI is InChI=1S/C14H14N2O4/c1-2-18-13(17)11-8-20-14(16-11)15-10-7-19-12-6-4-3-5-9(10)12/h3-6,8,10H,2,7H2,1H3,(H,15,16). The molecule has 1 aliphatic rings. The minimum Gasteiger partial charge on any atom is -0.491 e. The number of nitrogens with one attached hydrogen (secondary N) is 1. The maximum Gasteiger partial charge on any atom is 0.360 e. The van der Waals surface area contributed by atoms with Crippen molar-refractivity contribution in [2.75, 3.05) is 18.5 Å². The molecule has 0 aliphatic carbocycles. The molecule has 1 aliphatic heterocycles. The van der Waals surface area contributed by atoms with E-state index in [1.807, 2.05) is 24.3 Å². The molecule has 0 radical (unpaired) electrons. The Bertz CT molecular complexity index is 623. The molecule has 0 fully saturated rings. The van der Waals surface area contributed by atoms with Gasteiger partial charge in [0.15, 0.2) is 5.69 Å². The molecule has 1 atom stereocenters. The number of nitrogens with zero attached hydrogens (tertiary/aromatic N) is 1. The number of carbonyl (C=O) groups excluding carboxylic acids is 1. The number of ether oxygens (including phenoxy) is 2. The van der Waals surface area contributed by atoms with Crippen molar-refractivity contribution in [1.29, 1.82) is 0 Å². The summed E-state index contributed by atoms with van der Waals surface area (Å²) in [6.45, 7) is 2.54. The lowest BCUT2D eigenvalue weighted by Crippen LogP contribution is -2.12. The number of esters is 1. The van der Waals surface area contributed by atoms with Crippen LogP contribution in [0.4, 0.5) is 6.01 Å². The maximum atomic E-state index is 11.5. The quantitative estimate of drug-likeness (QED) is 0.863. The topological polar surface area (TPSA) is 73.6 Å². The molecule has 2 heterocycles. The minimum atomic E-state index is -0.493. The highest BCUT2D eigenvalue weighted by Crippen LogP contribution is 2.33. The zero-order chi connectivity index (χ0) is 13.9. The highest BCUT2D eigenvalue weighted by atomic mass is 16.5.